The maximum absolute atomic E-state index is 11.9. The smallest absolute Gasteiger partial charge is 0.316 e. The molecular weight excluding hydrogens is 410 g/mol. The molecule has 1 atom stereocenters. The van der Waals surface area contributed by atoms with E-state index in [-0.39, 0.29) is 11.3 Å². The highest BCUT2D eigenvalue weighted by atomic mass is 35.5. The summed E-state index contributed by atoms with van der Waals surface area (Å²) in [6, 6.07) is 0. The monoisotopic (exact) mass is 459 g/mol. The molecule has 0 aliphatic rings. The second-order valence-corrected chi connectivity index (χ2v) is 9.60. The van der Waals surface area contributed by atoms with Gasteiger partial charge in [0.25, 0.3) is 0 Å². The van der Waals surface area contributed by atoms with Gasteiger partial charge >= 0.3 is 11.3 Å². The molecule has 0 aromatic rings. The van der Waals surface area contributed by atoms with Crippen LogP contribution in [0.2, 0.25) is 0 Å². The van der Waals surface area contributed by atoms with Crippen LogP contribution < -0.4 is 0 Å². The molecule has 0 spiro atoms. The van der Waals surface area contributed by atoms with Crippen molar-refractivity contribution in [2.24, 2.45) is 11.8 Å². The summed E-state index contributed by atoms with van der Waals surface area (Å²) in [6.07, 6.45) is 18.6. The number of amides is 1. The van der Waals surface area contributed by atoms with E-state index in [1.807, 2.05) is 0 Å². The summed E-state index contributed by atoms with van der Waals surface area (Å²) in [5.74, 6) is -0.386. The predicted octanol–water partition coefficient (Wildman–Crippen LogP) is 8.66. The largest absolute Gasteiger partial charge is 0.481 e. The van der Waals surface area contributed by atoms with Crippen LogP contribution in [0.4, 0.5) is 4.79 Å². The molecule has 0 rings (SSSR count). The van der Waals surface area contributed by atoms with Crippen LogP contribution in [0.3, 0.4) is 0 Å². The molecule has 0 saturated carbocycles. The van der Waals surface area contributed by atoms with Crippen molar-refractivity contribution in [3.8, 4) is 0 Å². The summed E-state index contributed by atoms with van der Waals surface area (Å²) in [7, 11) is 0. The van der Waals surface area contributed by atoms with Gasteiger partial charge in [-0.25, -0.2) is 0 Å². The van der Waals surface area contributed by atoms with Gasteiger partial charge in [-0.2, -0.15) is 0 Å². The quantitative estimate of drug-likeness (QED) is 0.1000. The second-order valence-electron chi connectivity index (χ2n) is 9.28. The molecule has 4 nitrogen and oxygen atoms in total. The normalized spacial score (nSPS) is 12.3. The van der Waals surface area contributed by atoms with Gasteiger partial charge < -0.3 is 10.0 Å². The van der Waals surface area contributed by atoms with Crippen LogP contribution in [0.25, 0.3) is 0 Å². The summed E-state index contributed by atoms with van der Waals surface area (Å²) in [4.78, 5) is 25.3. The van der Waals surface area contributed by atoms with Gasteiger partial charge in [0, 0.05) is 13.1 Å². The minimum absolute atomic E-state index is 0.262. The minimum atomic E-state index is -0.655. The minimum Gasteiger partial charge on any atom is -0.481 e. The number of carboxylic acids is 1. The van der Waals surface area contributed by atoms with Crippen LogP contribution >= 0.6 is 11.6 Å². The van der Waals surface area contributed by atoms with Crippen molar-refractivity contribution in [1.82, 2.24) is 4.90 Å². The van der Waals surface area contributed by atoms with E-state index in [2.05, 4.69) is 20.8 Å². The molecule has 0 aromatic carbocycles. The number of carbonyl (C=O) groups excluding carboxylic acids is 1. The number of rotatable bonds is 22. The molecule has 0 aliphatic heterocycles. The molecule has 0 aromatic heterocycles. The van der Waals surface area contributed by atoms with Gasteiger partial charge in [0.05, 0.1) is 5.92 Å². The Morgan fingerprint density at radius 2 is 1.16 bits per heavy atom. The Balaban J connectivity index is 4.42. The SMILES string of the molecule is CCCCCCCN(CCCCC(CC(CCCCC)CCCCC)C(=O)O)C(=O)Cl. The molecule has 1 unspecified atom stereocenters. The third-order valence-corrected chi connectivity index (χ3v) is 6.65. The van der Waals surface area contributed by atoms with Crippen molar-refractivity contribution in [3.05, 3.63) is 0 Å². The lowest BCUT2D eigenvalue weighted by Gasteiger charge is -2.22. The summed E-state index contributed by atoms with van der Waals surface area (Å²) in [6.45, 7) is 7.97. The zero-order valence-electron chi connectivity index (χ0n) is 20.7. The Bertz CT molecular complexity index is 434. The number of carbonyl (C=O) groups is 2. The summed E-state index contributed by atoms with van der Waals surface area (Å²) in [5, 5.41) is 9.39. The number of hydrogen-bond acceptors (Lipinski definition) is 2. The molecule has 0 fully saturated rings. The first-order valence-electron chi connectivity index (χ1n) is 13.1. The maximum atomic E-state index is 11.9. The standard InChI is InChI=1S/C26H50ClNO3/c1-4-7-10-11-15-20-28(26(27)31)21-16-14-19-24(25(29)30)22-23(17-12-8-5-2)18-13-9-6-3/h23-24H,4-22H2,1-3H3,(H,29,30). The van der Waals surface area contributed by atoms with Gasteiger partial charge in [-0.05, 0) is 43.2 Å². The van der Waals surface area contributed by atoms with E-state index in [1.165, 1.54) is 57.8 Å². The van der Waals surface area contributed by atoms with Gasteiger partial charge in [0.2, 0.25) is 0 Å². The number of carboxylic acid groups (broad SMARTS) is 1. The summed E-state index contributed by atoms with van der Waals surface area (Å²) >= 11 is 5.76. The number of nitrogens with zero attached hydrogens (tertiary/aromatic N) is 1. The van der Waals surface area contributed by atoms with Crippen LogP contribution in [0.15, 0.2) is 0 Å². The first-order valence-corrected chi connectivity index (χ1v) is 13.5. The van der Waals surface area contributed by atoms with Gasteiger partial charge in [0.15, 0.2) is 0 Å². The third-order valence-electron chi connectivity index (χ3n) is 6.41. The molecule has 5 heteroatoms. The van der Waals surface area contributed by atoms with Crippen molar-refractivity contribution in [2.75, 3.05) is 13.1 Å². The molecule has 1 N–H and O–H groups in total. The molecule has 0 radical (unpaired) electrons. The van der Waals surface area contributed by atoms with Gasteiger partial charge in [-0.3, -0.25) is 9.59 Å². The van der Waals surface area contributed by atoms with Crippen molar-refractivity contribution >= 4 is 22.9 Å². The van der Waals surface area contributed by atoms with Crippen LogP contribution in [-0.4, -0.2) is 34.4 Å². The molecule has 184 valence electrons. The first-order chi connectivity index (χ1) is 15.0. The Morgan fingerprint density at radius 3 is 1.65 bits per heavy atom. The first kappa shape index (κ1) is 30.2. The van der Waals surface area contributed by atoms with Gasteiger partial charge in [0.1, 0.15) is 0 Å². The van der Waals surface area contributed by atoms with Crippen LogP contribution in [0.1, 0.15) is 130 Å². The average Bonchev–Trinajstić information content (AvgIpc) is 2.73. The van der Waals surface area contributed by atoms with E-state index in [9.17, 15) is 14.7 Å². The molecule has 0 bridgehead atoms. The van der Waals surface area contributed by atoms with Crippen LogP contribution in [-0.2, 0) is 4.79 Å². The third kappa shape index (κ3) is 17.5. The lowest BCUT2D eigenvalue weighted by Crippen LogP contribution is -2.28. The topological polar surface area (TPSA) is 57.6 Å². The van der Waals surface area contributed by atoms with Gasteiger partial charge in [-0.15, -0.1) is 0 Å². The number of hydrogen-bond donors (Lipinski definition) is 1. The zero-order valence-corrected chi connectivity index (χ0v) is 21.4. The number of unbranched alkanes of at least 4 members (excludes halogenated alkanes) is 9. The van der Waals surface area contributed by atoms with Crippen molar-refractivity contribution in [3.63, 3.8) is 0 Å². The van der Waals surface area contributed by atoms with E-state index in [4.69, 9.17) is 11.6 Å². The fourth-order valence-corrected chi connectivity index (χ4v) is 4.55. The Morgan fingerprint density at radius 1 is 0.710 bits per heavy atom. The summed E-state index contributed by atoms with van der Waals surface area (Å²) < 4.78 is 0. The molecule has 31 heavy (non-hydrogen) atoms. The molecule has 0 aliphatic carbocycles. The fourth-order valence-electron chi connectivity index (χ4n) is 4.38. The van der Waals surface area contributed by atoms with E-state index in [1.54, 1.807) is 4.90 Å². The molecule has 0 saturated heterocycles. The van der Waals surface area contributed by atoms with Crippen molar-refractivity contribution in [2.45, 2.75) is 130 Å². The van der Waals surface area contributed by atoms with E-state index < -0.39 is 5.97 Å². The molecule has 0 heterocycles. The highest BCUT2D eigenvalue weighted by Gasteiger charge is 2.22. The van der Waals surface area contributed by atoms with Crippen molar-refractivity contribution < 1.29 is 14.7 Å². The lowest BCUT2D eigenvalue weighted by molar-refractivity contribution is -0.142. The summed E-state index contributed by atoms with van der Waals surface area (Å²) in [5.41, 5.74) is 0. The van der Waals surface area contributed by atoms with E-state index in [0.29, 0.717) is 25.4 Å². The Hall–Kier alpha value is -0.770. The van der Waals surface area contributed by atoms with E-state index >= 15 is 0 Å². The Labute approximate surface area is 197 Å². The number of aliphatic carboxylic acids is 1. The highest BCUT2D eigenvalue weighted by Crippen LogP contribution is 2.27. The maximum Gasteiger partial charge on any atom is 0.316 e. The van der Waals surface area contributed by atoms with E-state index in [0.717, 1.165) is 44.9 Å². The van der Waals surface area contributed by atoms with Crippen LogP contribution in [0.5, 0.6) is 0 Å². The number of halogens is 1. The van der Waals surface area contributed by atoms with Gasteiger partial charge in [-0.1, -0.05) is 104 Å². The second kappa shape index (κ2) is 21.1. The molecular formula is C26H50ClNO3. The predicted molar refractivity (Wildman–Crippen MR) is 133 cm³/mol. The zero-order chi connectivity index (χ0) is 23.3. The lowest BCUT2D eigenvalue weighted by atomic mass is 9.84. The van der Waals surface area contributed by atoms with Crippen molar-refractivity contribution in [1.29, 1.82) is 0 Å². The molecule has 1 amide bonds. The average molecular weight is 460 g/mol. The van der Waals surface area contributed by atoms with Crippen LogP contribution in [0, 0.1) is 11.8 Å². The highest BCUT2D eigenvalue weighted by molar-refractivity contribution is 6.62. The Kier molecular flexibility index (Phi) is 20.6. The fraction of sp³-hybridized carbons (Fsp3) is 0.923.